The average Bonchev–Trinajstić information content (AvgIpc) is 3.26. The third-order valence-electron chi connectivity index (χ3n) is 5.59. The number of thioether (sulfide) groups is 1. The van der Waals surface area contributed by atoms with E-state index in [2.05, 4.69) is 53.1 Å². The Morgan fingerprint density at radius 2 is 1.89 bits per heavy atom. The number of guanidine groups is 1. The molecule has 1 aromatic rings. The van der Waals surface area contributed by atoms with Crippen LogP contribution in [0.1, 0.15) is 48.2 Å². The number of nitrogens with one attached hydrogen (secondary N) is 2. The number of aliphatic imine (C=N–C) groups is 1. The van der Waals surface area contributed by atoms with Gasteiger partial charge in [-0.2, -0.15) is 11.8 Å². The Labute approximate surface area is 189 Å². The van der Waals surface area contributed by atoms with Crippen molar-refractivity contribution in [3.63, 3.8) is 0 Å². The molecule has 2 fully saturated rings. The van der Waals surface area contributed by atoms with Crippen molar-refractivity contribution in [2.24, 2.45) is 4.99 Å². The second kappa shape index (κ2) is 11.2. The Bertz CT molecular complexity index is 588. The first-order valence-corrected chi connectivity index (χ1v) is 11.9. The molecule has 1 saturated carbocycles. The van der Waals surface area contributed by atoms with Crippen LogP contribution in [-0.2, 0) is 6.54 Å². The maximum Gasteiger partial charge on any atom is 0.191 e. The molecule has 2 aliphatic rings. The first kappa shape index (κ1) is 23.2. The highest BCUT2D eigenvalue weighted by atomic mass is 127. The fourth-order valence-electron chi connectivity index (χ4n) is 4.02. The van der Waals surface area contributed by atoms with E-state index < -0.39 is 0 Å². The molecular weight excluding hydrogens is 489 g/mol. The first-order valence-electron chi connectivity index (χ1n) is 9.91. The summed E-state index contributed by atoms with van der Waals surface area (Å²) in [5.41, 5.74) is 1.46. The highest BCUT2D eigenvalue weighted by Gasteiger charge is 2.39. The van der Waals surface area contributed by atoms with Gasteiger partial charge in [0.05, 0.1) is 12.2 Å². The molecule has 2 heterocycles. The van der Waals surface area contributed by atoms with Gasteiger partial charge in [0.1, 0.15) is 5.01 Å². The SMILES string of the molecule is CCNC(=NCc1nc(C)c(C)s1)NCC1(N2CCSCC2)CCCC1.I. The summed E-state index contributed by atoms with van der Waals surface area (Å²) >= 11 is 3.85. The second-order valence-electron chi connectivity index (χ2n) is 7.33. The molecule has 27 heavy (non-hydrogen) atoms. The Hall–Kier alpha value is -0.0600. The quantitative estimate of drug-likeness (QED) is 0.338. The lowest BCUT2D eigenvalue weighted by molar-refractivity contribution is 0.107. The van der Waals surface area contributed by atoms with Gasteiger partial charge in [-0.15, -0.1) is 35.3 Å². The van der Waals surface area contributed by atoms with Crippen LogP contribution in [0.3, 0.4) is 0 Å². The molecule has 0 atom stereocenters. The summed E-state index contributed by atoms with van der Waals surface area (Å²) < 4.78 is 0. The first-order chi connectivity index (χ1) is 12.6. The molecule has 0 spiro atoms. The molecule has 2 N–H and O–H groups in total. The van der Waals surface area contributed by atoms with E-state index in [-0.39, 0.29) is 24.0 Å². The molecule has 154 valence electrons. The van der Waals surface area contributed by atoms with Crippen LogP contribution < -0.4 is 10.6 Å². The fraction of sp³-hybridized carbons (Fsp3) is 0.789. The number of rotatable bonds is 6. The zero-order valence-electron chi connectivity index (χ0n) is 16.8. The van der Waals surface area contributed by atoms with Crippen molar-refractivity contribution in [2.45, 2.75) is 58.5 Å². The van der Waals surface area contributed by atoms with Gasteiger partial charge in [-0.25, -0.2) is 9.98 Å². The van der Waals surface area contributed by atoms with Crippen LogP contribution in [0.5, 0.6) is 0 Å². The van der Waals surface area contributed by atoms with Gasteiger partial charge in [-0.05, 0) is 33.6 Å². The summed E-state index contributed by atoms with van der Waals surface area (Å²) in [7, 11) is 0. The van der Waals surface area contributed by atoms with Gasteiger partial charge in [0, 0.05) is 48.1 Å². The molecular formula is C19H34IN5S2. The number of halogens is 1. The predicted octanol–water partition coefficient (Wildman–Crippen LogP) is 3.79. The van der Waals surface area contributed by atoms with Crippen molar-refractivity contribution in [3.8, 4) is 0 Å². The largest absolute Gasteiger partial charge is 0.357 e. The van der Waals surface area contributed by atoms with Crippen molar-refractivity contribution < 1.29 is 0 Å². The molecule has 0 amide bonds. The van der Waals surface area contributed by atoms with Crippen LogP contribution in [0.15, 0.2) is 4.99 Å². The molecule has 8 heteroatoms. The minimum absolute atomic E-state index is 0. The van der Waals surface area contributed by atoms with Crippen LogP contribution in [-0.4, -0.2) is 59.1 Å². The predicted molar refractivity (Wildman–Crippen MR) is 130 cm³/mol. The lowest BCUT2D eigenvalue weighted by Gasteiger charge is -2.43. The summed E-state index contributed by atoms with van der Waals surface area (Å²) in [5, 5.41) is 8.17. The smallest absolute Gasteiger partial charge is 0.191 e. The van der Waals surface area contributed by atoms with E-state index in [9.17, 15) is 0 Å². The topological polar surface area (TPSA) is 52.6 Å². The van der Waals surface area contributed by atoms with Crippen LogP contribution in [0, 0.1) is 13.8 Å². The van der Waals surface area contributed by atoms with Gasteiger partial charge in [-0.3, -0.25) is 4.90 Å². The normalized spacial score (nSPS) is 20.3. The number of thiazole rings is 1. The van der Waals surface area contributed by atoms with E-state index in [1.807, 2.05) is 0 Å². The summed E-state index contributed by atoms with van der Waals surface area (Å²) in [6, 6.07) is 0. The lowest BCUT2D eigenvalue weighted by atomic mass is 9.94. The zero-order chi connectivity index (χ0) is 18.4. The fourth-order valence-corrected chi connectivity index (χ4v) is 5.78. The summed E-state index contributed by atoms with van der Waals surface area (Å²) in [4.78, 5) is 13.5. The molecule has 1 saturated heterocycles. The van der Waals surface area contributed by atoms with E-state index in [0.29, 0.717) is 12.1 Å². The molecule has 3 rings (SSSR count). The highest BCUT2D eigenvalue weighted by Crippen LogP contribution is 2.36. The summed E-state index contributed by atoms with van der Waals surface area (Å²) in [6.45, 7) is 11.3. The molecule has 1 aliphatic carbocycles. The maximum atomic E-state index is 4.80. The van der Waals surface area contributed by atoms with Crippen molar-refractivity contribution in [3.05, 3.63) is 15.6 Å². The number of hydrogen-bond acceptors (Lipinski definition) is 5. The van der Waals surface area contributed by atoms with E-state index in [4.69, 9.17) is 4.99 Å². The van der Waals surface area contributed by atoms with Crippen LogP contribution in [0.2, 0.25) is 0 Å². The van der Waals surface area contributed by atoms with Gasteiger partial charge in [0.25, 0.3) is 0 Å². The van der Waals surface area contributed by atoms with Crippen molar-refractivity contribution in [1.29, 1.82) is 0 Å². The Kier molecular flexibility index (Phi) is 9.64. The Morgan fingerprint density at radius 1 is 1.19 bits per heavy atom. The summed E-state index contributed by atoms with van der Waals surface area (Å²) in [6.07, 6.45) is 5.34. The molecule has 0 radical (unpaired) electrons. The van der Waals surface area contributed by atoms with Crippen LogP contribution in [0.4, 0.5) is 0 Å². The number of aryl methyl sites for hydroxylation is 2. The van der Waals surface area contributed by atoms with Gasteiger partial charge in [0.2, 0.25) is 0 Å². The Balaban J connectivity index is 0.00000261. The molecule has 1 aromatic heterocycles. The maximum absolute atomic E-state index is 4.80. The highest BCUT2D eigenvalue weighted by molar-refractivity contribution is 14.0. The van der Waals surface area contributed by atoms with E-state index >= 15 is 0 Å². The Morgan fingerprint density at radius 3 is 2.48 bits per heavy atom. The van der Waals surface area contributed by atoms with Gasteiger partial charge in [0.15, 0.2) is 5.96 Å². The minimum Gasteiger partial charge on any atom is -0.357 e. The summed E-state index contributed by atoms with van der Waals surface area (Å²) in [5.74, 6) is 3.48. The van der Waals surface area contributed by atoms with Crippen molar-refractivity contribution >= 4 is 53.0 Å². The van der Waals surface area contributed by atoms with Gasteiger partial charge >= 0.3 is 0 Å². The van der Waals surface area contributed by atoms with Crippen LogP contribution in [0.25, 0.3) is 0 Å². The standard InChI is InChI=1S/C19H33N5S2.HI/c1-4-20-18(21-13-17-23-15(2)16(3)26-17)22-14-19(7-5-6-8-19)24-9-11-25-12-10-24;/h4-14H2,1-3H3,(H2,20,21,22);1H. The number of hydrogen-bond donors (Lipinski definition) is 2. The average molecular weight is 524 g/mol. The monoisotopic (exact) mass is 523 g/mol. The molecule has 1 aliphatic heterocycles. The van der Waals surface area contributed by atoms with E-state index in [0.717, 1.165) is 29.8 Å². The molecule has 0 aromatic carbocycles. The second-order valence-corrected chi connectivity index (χ2v) is 9.84. The molecule has 5 nitrogen and oxygen atoms in total. The lowest BCUT2D eigenvalue weighted by Crippen LogP contribution is -2.57. The van der Waals surface area contributed by atoms with Gasteiger partial charge < -0.3 is 10.6 Å². The minimum atomic E-state index is 0. The van der Waals surface area contributed by atoms with Crippen LogP contribution >= 0.6 is 47.1 Å². The molecule has 0 bridgehead atoms. The number of aromatic nitrogens is 1. The van der Waals surface area contributed by atoms with Crippen molar-refractivity contribution in [2.75, 3.05) is 37.7 Å². The third kappa shape index (κ3) is 6.21. The molecule has 0 unspecified atom stereocenters. The number of nitrogens with zero attached hydrogens (tertiary/aromatic N) is 3. The van der Waals surface area contributed by atoms with Crippen molar-refractivity contribution in [1.82, 2.24) is 20.5 Å². The van der Waals surface area contributed by atoms with E-state index in [1.165, 1.54) is 55.2 Å². The zero-order valence-corrected chi connectivity index (χ0v) is 20.8. The van der Waals surface area contributed by atoms with Gasteiger partial charge in [-0.1, -0.05) is 12.8 Å². The van der Waals surface area contributed by atoms with E-state index in [1.54, 1.807) is 11.3 Å². The third-order valence-corrected chi connectivity index (χ3v) is 7.59.